The third kappa shape index (κ3) is 3.64. The number of nitrogens with zero attached hydrogens (tertiary/aromatic N) is 4. The molecule has 1 atom stereocenters. The summed E-state index contributed by atoms with van der Waals surface area (Å²) < 4.78 is 3.85. The molecule has 1 N–H and O–H groups in total. The Bertz CT molecular complexity index is 1130. The lowest BCUT2D eigenvalue weighted by atomic mass is 9.92. The Balaban J connectivity index is 1.31. The molecule has 5 rings (SSSR count). The highest BCUT2D eigenvalue weighted by Crippen LogP contribution is 2.30. The molecule has 6 nitrogen and oxygen atoms in total. The SMILES string of the molecule is O=C(NC1CCCc2c1cnn2Cc1ccccc1)c1ccc(-n2cccn2)cc1. The first kappa shape index (κ1) is 18.4. The van der Waals surface area contributed by atoms with E-state index in [2.05, 4.69) is 32.3 Å². The molecule has 0 bridgehead atoms. The molecular weight excluding hydrogens is 374 g/mol. The van der Waals surface area contributed by atoms with Crippen LogP contribution in [0, 0.1) is 0 Å². The van der Waals surface area contributed by atoms with Gasteiger partial charge in [0.25, 0.3) is 5.91 Å². The predicted octanol–water partition coefficient (Wildman–Crippen LogP) is 3.92. The minimum atomic E-state index is -0.0596. The van der Waals surface area contributed by atoms with Crippen molar-refractivity contribution < 1.29 is 4.79 Å². The van der Waals surface area contributed by atoms with Gasteiger partial charge >= 0.3 is 0 Å². The summed E-state index contributed by atoms with van der Waals surface area (Å²) in [5, 5.41) is 12.0. The number of carbonyl (C=O) groups is 1. The molecule has 150 valence electrons. The average Bonchev–Trinajstić information content (AvgIpc) is 3.46. The van der Waals surface area contributed by atoms with Crippen LogP contribution in [0.25, 0.3) is 5.69 Å². The number of fused-ring (bicyclic) bond motifs is 1. The Morgan fingerprint density at radius 2 is 1.87 bits per heavy atom. The highest BCUT2D eigenvalue weighted by Gasteiger charge is 2.26. The van der Waals surface area contributed by atoms with Gasteiger partial charge in [0.2, 0.25) is 0 Å². The second-order valence-electron chi connectivity index (χ2n) is 7.61. The van der Waals surface area contributed by atoms with Crippen molar-refractivity contribution in [1.82, 2.24) is 24.9 Å². The van der Waals surface area contributed by atoms with E-state index in [0.717, 1.165) is 37.1 Å². The number of hydrogen-bond acceptors (Lipinski definition) is 3. The van der Waals surface area contributed by atoms with Crippen molar-refractivity contribution in [3.63, 3.8) is 0 Å². The molecular formula is C24H23N5O. The van der Waals surface area contributed by atoms with Crippen LogP contribution < -0.4 is 5.32 Å². The lowest BCUT2D eigenvalue weighted by Crippen LogP contribution is -2.31. The molecule has 1 aliphatic carbocycles. The van der Waals surface area contributed by atoms with Gasteiger partial charge in [0.15, 0.2) is 0 Å². The first-order chi connectivity index (χ1) is 14.8. The van der Waals surface area contributed by atoms with Gasteiger partial charge in [-0.3, -0.25) is 9.48 Å². The predicted molar refractivity (Wildman–Crippen MR) is 114 cm³/mol. The van der Waals surface area contributed by atoms with Crippen molar-refractivity contribution in [1.29, 1.82) is 0 Å². The molecule has 0 aliphatic heterocycles. The maximum absolute atomic E-state index is 12.9. The average molecular weight is 397 g/mol. The summed E-state index contributed by atoms with van der Waals surface area (Å²) in [5.74, 6) is -0.0596. The summed E-state index contributed by atoms with van der Waals surface area (Å²) in [4.78, 5) is 12.9. The van der Waals surface area contributed by atoms with Gasteiger partial charge in [0, 0.05) is 29.2 Å². The monoisotopic (exact) mass is 397 g/mol. The van der Waals surface area contributed by atoms with E-state index < -0.39 is 0 Å². The lowest BCUT2D eigenvalue weighted by Gasteiger charge is -2.24. The van der Waals surface area contributed by atoms with E-state index in [-0.39, 0.29) is 11.9 Å². The Kier molecular flexibility index (Phi) is 4.89. The zero-order valence-corrected chi connectivity index (χ0v) is 16.6. The summed E-state index contributed by atoms with van der Waals surface area (Å²) >= 11 is 0. The molecule has 0 saturated carbocycles. The van der Waals surface area contributed by atoms with Gasteiger partial charge < -0.3 is 5.32 Å². The fourth-order valence-corrected chi connectivity index (χ4v) is 4.09. The van der Waals surface area contributed by atoms with E-state index in [1.54, 1.807) is 10.9 Å². The van der Waals surface area contributed by atoms with Gasteiger partial charge in [-0.25, -0.2) is 4.68 Å². The van der Waals surface area contributed by atoms with Gasteiger partial charge in [-0.2, -0.15) is 10.2 Å². The van der Waals surface area contributed by atoms with E-state index in [9.17, 15) is 4.79 Å². The smallest absolute Gasteiger partial charge is 0.251 e. The summed E-state index contributed by atoms with van der Waals surface area (Å²) in [6.45, 7) is 0.756. The molecule has 6 heteroatoms. The fraction of sp³-hybridized carbons (Fsp3) is 0.208. The first-order valence-corrected chi connectivity index (χ1v) is 10.3. The van der Waals surface area contributed by atoms with Crippen molar-refractivity contribution in [2.75, 3.05) is 0 Å². The van der Waals surface area contributed by atoms with Gasteiger partial charge in [0.1, 0.15) is 0 Å². The summed E-state index contributed by atoms with van der Waals surface area (Å²) in [6, 6.07) is 19.7. The Morgan fingerprint density at radius 3 is 2.63 bits per heavy atom. The van der Waals surface area contributed by atoms with E-state index in [1.807, 2.05) is 60.9 Å². The molecule has 0 fully saturated rings. The molecule has 2 aromatic heterocycles. The van der Waals surface area contributed by atoms with Crippen molar-refractivity contribution in [3.05, 3.63) is 102 Å². The van der Waals surface area contributed by atoms with Crippen LogP contribution in [0.15, 0.2) is 79.3 Å². The van der Waals surface area contributed by atoms with E-state index in [1.165, 1.54) is 11.3 Å². The van der Waals surface area contributed by atoms with E-state index >= 15 is 0 Å². The Labute approximate surface area is 175 Å². The van der Waals surface area contributed by atoms with Crippen LogP contribution in [0.3, 0.4) is 0 Å². The van der Waals surface area contributed by atoms with Gasteiger partial charge in [-0.1, -0.05) is 30.3 Å². The topological polar surface area (TPSA) is 64.7 Å². The third-order valence-electron chi connectivity index (χ3n) is 5.64. The summed E-state index contributed by atoms with van der Waals surface area (Å²) in [6.07, 6.45) is 8.50. The number of nitrogens with one attached hydrogen (secondary N) is 1. The van der Waals surface area contributed by atoms with Gasteiger partial charge in [-0.05, 0) is 55.2 Å². The Morgan fingerprint density at radius 1 is 1.03 bits per heavy atom. The molecule has 0 radical (unpaired) electrons. The zero-order valence-electron chi connectivity index (χ0n) is 16.6. The molecule has 1 amide bonds. The molecule has 4 aromatic rings. The number of carbonyl (C=O) groups excluding carboxylic acids is 1. The number of benzene rings is 2. The van der Waals surface area contributed by atoms with Gasteiger partial charge in [-0.15, -0.1) is 0 Å². The largest absolute Gasteiger partial charge is 0.345 e. The second-order valence-corrected chi connectivity index (χ2v) is 7.61. The number of hydrogen-bond donors (Lipinski definition) is 1. The molecule has 1 aliphatic rings. The molecule has 2 aromatic carbocycles. The number of aromatic nitrogens is 4. The van der Waals surface area contributed by atoms with Crippen LogP contribution >= 0.6 is 0 Å². The maximum Gasteiger partial charge on any atom is 0.251 e. The van der Waals surface area contributed by atoms with E-state index in [4.69, 9.17) is 0 Å². The highest BCUT2D eigenvalue weighted by atomic mass is 16.1. The molecule has 2 heterocycles. The summed E-state index contributed by atoms with van der Waals surface area (Å²) in [7, 11) is 0. The van der Waals surface area contributed by atoms with Crippen LogP contribution in [0.1, 0.15) is 46.1 Å². The normalized spacial score (nSPS) is 15.5. The quantitative estimate of drug-likeness (QED) is 0.555. The van der Waals surface area contributed by atoms with Crippen molar-refractivity contribution in [2.24, 2.45) is 0 Å². The second kappa shape index (κ2) is 7.99. The van der Waals surface area contributed by atoms with E-state index in [0.29, 0.717) is 5.56 Å². The van der Waals surface area contributed by atoms with Crippen molar-refractivity contribution >= 4 is 5.91 Å². The highest BCUT2D eigenvalue weighted by molar-refractivity contribution is 5.94. The van der Waals surface area contributed by atoms with Crippen LogP contribution in [-0.4, -0.2) is 25.5 Å². The van der Waals surface area contributed by atoms with Crippen LogP contribution in [0.5, 0.6) is 0 Å². The van der Waals surface area contributed by atoms with Crippen molar-refractivity contribution in [3.8, 4) is 5.69 Å². The Hall–Kier alpha value is -3.67. The first-order valence-electron chi connectivity index (χ1n) is 10.3. The molecule has 0 spiro atoms. The molecule has 0 saturated heterocycles. The fourth-order valence-electron chi connectivity index (χ4n) is 4.09. The minimum Gasteiger partial charge on any atom is -0.345 e. The third-order valence-corrected chi connectivity index (χ3v) is 5.64. The summed E-state index contributed by atoms with van der Waals surface area (Å²) in [5.41, 5.74) is 5.17. The van der Waals surface area contributed by atoms with Crippen LogP contribution in [0.4, 0.5) is 0 Å². The zero-order chi connectivity index (χ0) is 20.3. The molecule has 30 heavy (non-hydrogen) atoms. The minimum absolute atomic E-state index is 0.00318. The number of amides is 1. The van der Waals surface area contributed by atoms with Gasteiger partial charge in [0.05, 0.1) is 24.5 Å². The van der Waals surface area contributed by atoms with Crippen LogP contribution in [-0.2, 0) is 13.0 Å². The lowest BCUT2D eigenvalue weighted by molar-refractivity contribution is 0.0932. The van der Waals surface area contributed by atoms with Crippen LogP contribution in [0.2, 0.25) is 0 Å². The molecule has 1 unspecified atom stereocenters. The number of rotatable bonds is 5. The standard InChI is InChI=1S/C24H23N5O/c30-24(19-10-12-20(13-11-19)28-15-5-14-25-28)27-22-8-4-9-23-21(22)16-26-29(23)17-18-6-2-1-3-7-18/h1-3,5-7,10-16,22H,4,8-9,17H2,(H,27,30). The maximum atomic E-state index is 12.9. The van der Waals surface area contributed by atoms with Crippen molar-refractivity contribution in [2.45, 2.75) is 31.8 Å².